The second-order valence-corrected chi connectivity index (χ2v) is 7.31. The van der Waals surface area contributed by atoms with Crippen LogP contribution in [0.3, 0.4) is 0 Å². The molecule has 1 heterocycles. The molecule has 4 nitrogen and oxygen atoms in total. The molecule has 6 heteroatoms. The zero-order chi connectivity index (χ0) is 13.9. The Morgan fingerprint density at radius 2 is 2.10 bits per heavy atom. The molecule has 1 amide bonds. The van der Waals surface area contributed by atoms with E-state index in [-0.39, 0.29) is 11.2 Å². The van der Waals surface area contributed by atoms with Crippen molar-refractivity contribution < 1.29 is 4.79 Å². The summed E-state index contributed by atoms with van der Waals surface area (Å²) < 4.78 is 0.835. The lowest BCUT2D eigenvalue weighted by atomic mass is 10.1. The summed E-state index contributed by atoms with van der Waals surface area (Å²) in [4.78, 5) is 12.4. The van der Waals surface area contributed by atoms with Crippen LogP contribution in [0.4, 0.5) is 0 Å². The quantitative estimate of drug-likeness (QED) is 0.863. The second-order valence-electron chi connectivity index (χ2n) is 4.78. The van der Waals surface area contributed by atoms with Crippen molar-refractivity contribution >= 4 is 29.0 Å². The second kappa shape index (κ2) is 5.93. The fraction of sp³-hybridized carbons (Fsp3) is 0.357. The number of aromatic nitrogens is 2. The summed E-state index contributed by atoms with van der Waals surface area (Å²) in [6.07, 6.45) is 2.19. The number of rotatable bonds is 5. The van der Waals surface area contributed by atoms with Gasteiger partial charge in [0.2, 0.25) is 5.91 Å². The van der Waals surface area contributed by atoms with Crippen molar-refractivity contribution in [2.24, 2.45) is 0 Å². The molecule has 104 valence electrons. The van der Waals surface area contributed by atoms with Crippen molar-refractivity contribution in [2.45, 2.75) is 35.4 Å². The highest BCUT2D eigenvalue weighted by atomic mass is 32.2. The Balaban J connectivity index is 1.80. The van der Waals surface area contributed by atoms with E-state index in [1.807, 2.05) is 37.3 Å². The molecule has 1 saturated carbocycles. The molecule has 0 radical (unpaired) electrons. The van der Waals surface area contributed by atoms with Gasteiger partial charge < -0.3 is 5.32 Å². The number of nitrogens with zero attached hydrogens (tertiary/aromatic N) is 2. The van der Waals surface area contributed by atoms with Crippen molar-refractivity contribution in [3.63, 3.8) is 0 Å². The van der Waals surface area contributed by atoms with E-state index < -0.39 is 0 Å². The van der Waals surface area contributed by atoms with Crippen LogP contribution in [0.25, 0.3) is 0 Å². The largest absolute Gasteiger partial charge is 0.352 e. The van der Waals surface area contributed by atoms with Crippen molar-refractivity contribution in [3.05, 3.63) is 40.9 Å². The van der Waals surface area contributed by atoms with Gasteiger partial charge in [-0.3, -0.25) is 4.79 Å². The summed E-state index contributed by atoms with van der Waals surface area (Å²) in [5.74, 6) is 0.0663. The van der Waals surface area contributed by atoms with Crippen molar-refractivity contribution in [1.82, 2.24) is 15.5 Å². The Hall–Kier alpha value is -1.40. The lowest BCUT2D eigenvalue weighted by Gasteiger charge is -2.15. The summed E-state index contributed by atoms with van der Waals surface area (Å²) in [6.45, 7) is 1.92. The summed E-state index contributed by atoms with van der Waals surface area (Å²) in [6, 6.07) is 10.2. The SMILES string of the molecule is Cc1nnc(S[C@H](C(=O)NC2CC2)c2ccccc2)s1. The lowest BCUT2D eigenvalue weighted by Crippen LogP contribution is -2.29. The minimum Gasteiger partial charge on any atom is -0.352 e. The third kappa shape index (κ3) is 3.37. The molecule has 20 heavy (non-hydrogen) atoms. The highest BCUT2D eigenvalue weighted by Gasteiger charge is 2.29. The van der Waals surface area contributed by atoms with Crippen LogP contribution in [0.15, 0.2) is 34.7 Å². The smallest absolute Gasteiger partial charge is 0.238 e. The molecular formula is C14H15N3OS2. The van der Waals surface area contributed by atoms with Gasteiger partial charge in [0.15, 0.2) is 4.34 Å². The van der Waals surface area contributed by atoms with Crippen LogP contribution in [0.1, 0.15) is 28.7 Å². The highest BCUT2D eigenvalue weighted by molar-refractivity contribution is 8.01. The van der Waals surface area contributed by atoms with Crippen molar-refractivity contribution in [3.8, 4) is 0 Å². The maximum absolute atomic E-state index is 12.4. The average Bonchev–Trinajstić information content (AvgIpc) is 3.17. The van der Waals surface area contributed by atoms with Crippen molar-refractivity contribution in [2.75, 3.05) is 0 Å². The van der Waals surface area contributed by atoms with Gasteiger partial charge >= 0.3 is 0 Å². The molecule has 1 aliphatic carbocycles. The number of nitrogens with one attached hydrogen (secondary N) is 1. The minimum atomic E-state index is -0.260. The van der Waals surface area contributed by atoms with Gasteiger partial charge in [-0.2, -0.15) is 0 Å². The van der Waals surface area contributed by atoms with Gasteiger partial charge in [-0.05, 0) is 25.3 Å². The normalized spacial score (nSPS) is 15.8. The molecule has 1 N–H and O–H groups in total. The summed E-state index contributed by atoms with van der Waals surface area (Å²) in [5.41, 5.74) is 1.00. The number of carbonyl (C=O) groups excluding carboxylic acids is 1. The first-order chi connectivity index (χ1) is 9.72. The fourth-order valence-corrected chi connectivity index (χ4v) is 3.85. The average molecular weight is 305 g/mol. The van der Waals surface area contributed by atoms with Gasteiger partial charge in [0.25, 0.3) is 0 Å². The molecule has 1 aromatic carbocycles. The predicted molar refractivity (Wildman–Crippen MR) is 80.9 cm³/mol. The maximum Gasteiger partial charge on any atom is 0.238 e. The molecule has 0 saturated heterocycles. The molecule has 1 aliphatic rings. The molecule has 1 fully saturated rings. The monoisotopic (exact) mass is 305 g/mol. The molecule has 0 unspecified atom stereocenters. The van der Waals surface area contributed by atoms with E-state index in [9.17, 15) is 4.79 Å². The van der Waals surface area contributed by atoms with E-state index in [2.05, 4.69) is 15.5 Å². The summed E-state index contributed by atoms with van der Waals surface area (Å²) in [7, 11) is 0. The zero-order valence-electron chi connectivity index (χ0n) is 11.1. The van der Waals surface area contributed by atoms with Crippen LogP contribution in [0.2, 0.25) is 0 Å². The number of aryl methyl sites for hydroxylation is 1. The molecule has 1 aromatic heterocycles. The first-order valence-corrected chi connectivity index (χ1v) is 8.24. The molecule has 3 rings (SSSR count). The predicted octanol–water partition coefficient (Wildman–Crippen LogP) is 2.96. The number of thioether (sulfide) groups is 1. The first-order valence-electron chi connectivity index (χ1n) is 6.54. The van der Waals surface area contributed by atoms with E-state index in [4.69, 9.17) is 0 Å². The number of amides is 1. The Bertz CT molecular complexity index is 595. The highest BCUT2D eigenvalue weighted by Crippen LogP contribution is 2.37. The topological polar surface area (TPSA) is 54.9 Å². The molecular weight excluding hydrogens is 290 g/mol. The Labute approximate surface area is 126 Å². The third-order valence-corrected chi connectivity index (χ3v) is 5.17. The third-order valence-electron chi connectivity index (χ3n) is 2.99. The summed E-state index contributed by atoms with van der Waals surface area (Å²) >= 11 is 3.00. The van der Waals surface area contributed by atoms with Crippen LogP contribution in [-0.2, 0) is 4.79 Å². The molecule has 1 atom stereocenters. The lowest BCUT2D eigenvalue weighted by molar-refractivity contribution is -0.120. The van der Waals surface area contributed by atoms with Gasteiger partial charge in [-0.15, -0.1) is 10.2 Å². The molecule has 0 spiro atoms. The number of carbonyl (C=O) groups is 1. The van der Waals surface area contributed by atoms with Gasteiger partial charge in [0, 0.05) is 6.04 Å². The van der Waals surface area contributed by atoms with E-state index in [1.165, 1.54) is 23.1 Å². The Kier molecular flexibility index (Phi) is 4.03. The van der Waals surface area contributed by atoms with Crippen LogP contribution in [0.5, 0.6) is 0 Å². The fourth-order valence-electron chi connectivity index (χ4n) is 1.83. The van der Waals surface area contributed by atoms with E-state index in [0.29, 0.717) is 6.04 Å². The number of hydrogen-bond acceptors (Lipinski definition) is 5. The van der Waals surface area contributed by atoms with Crippen LogP contribution < -0.4 is 5.32 Å². The van der Waals surface area contributed by atoms with Crippen LogP contribution in [0, 0.1) is 6.92 Å². The van der Waals surface area contributed by atoms with E-state index in [0.717, 1.165) is 27.8 Å². The van der Waals surface area contributed by atoms with Crippen LogP contribution >= 0.6 is 23.1 Å². The number of hydrogen-bond donors (Lipinski definition) is 1. The number of benzene rings is 1. The van der Waals surface area contributed by atoms with Gasteiger partial charge in [0.1, 0.15) is 10.3 Å². The maximum atomic E-state index is 12.4. The van der Waals surface area contributed by atoms with E-state index >= 15 is 0 Å². The Morgan fingerprint density at radius 3 is 2.70 bits per heavy atom. The molecule has 0 bridgehead atoms. The van der Waals surface area contributed by atoms with Gasteiger partial charge in [-0.1, -0.05) is 53.4 Å². The van der Waals surface area contributed by atoms with E-state index in [1.54, 1.807) is 0 Å². The zero-order valence-corrected chi connectivity index (χ0v) is 12.7. The van der Waals surface area contributed by atoms with Crippen LogP contribution in [-0.4, -0.2) is 22.1 Å². The summed E-state index contributed by atoms with van der Waals surface area (Å²) in [5, 5.41) is 11.9. The van der Waals surface area contributed by atoms with Crippen molar-refractivity contribution in [1.29, 1.82) is 0 Å². The van der Waals surface area contributed by atoms with Gasteiger partial charge in [0.05, 0.1) is 0 Å². The standard InChI is InChI=1S/C14H15N3OS2/c1-9-16-17-14(19-9)20-12(10-5-3-2-4-6-10)13(18)15-11-7-8-11/h2-6,11-12H,7-8H2,1H3,(H,15,18)/t12-/m0/s1. The minimum absolute atomic E-state index is 0.0663. The first kappa shape index (κ1) is 13.6. The molecule has 0 aliphatic heterocycles. The Morgan fingerprint density at radius 1 is 1.35 bits per heavy atom. The van der Waals surface area contributed by atoms with Gasteiger partial charge in [-0.25, -0.2) is 0 Å². The molecule has 2 aromatic rings.